The third kappa shape index (κ3) is 4.78. The number of nitrogens with zero attached hydrogens (tertiary/aromatic N) is 2. The largest absolute Gasteiger partial charge is 0.353 e. The van der Waals surface area contributed by atoms with Gasteiger partial charge in [-0.15, -0.1) is 0 Å². The molecule has 0 bridgehead atoms. The van der Waals surface area contributed by atoms with Gasteiger partial charge in [-0.1, -0.05) is 30.3 Å². The smallest absolute Gasteiger partial charge is 0.251 e. The van der Waals surface area contributed by atoms with Gasteiger partial charge in [0, 0.05) is 35.8 Å². The zero-order chi connectivity index (χ0) is 21.8. The highest BCUT2D eigenvalue weighted by atomic mass is 16.1. The Labute approximate surface area is 184 Å². The van der Waals surface area contributed by atoms with Crippen molar-refractivity contribution in [1.29, 1.82) is 0 Å². The molecule has 0 aliphatic carbocycles. The summed E-state index contributed by atoms with van der Waals surface area (Å²) in [6.07, 6.45) is 3.04. The third-order valence-electron chi connectivity index (χ3n) is 5.91. The summed E-state index contributed by atoms with van der Waals surface area (Å²) < 4.78 is 0. The van der Waals surface area contributed by atoms with E-state index in [2.05, 4.69) is 35.4 Å². The summed E-state index contributed by atoms with van der Waals surface area (Å²) in [7, 11) is 0. The van der Waals surface area contributed by atoms with Crippen LogP contribution < -0.4 is 15.5 Å². The second-order valence-corrected chi connectivity index (χ2v) is 8.15. The number of fused-ring (bicyclic) bond motifs is 1. The molecular weight excluding hydrogens is 384 g/mol. The molecule has 1 fully saturated rings. The number of amides is 1. The molecule has 31 heavy (non-hydrogen) atoms. The van der Waals surface area contributed by atoms with Gasteiger partial charge in [0.15, 0.2) is 0 Å². The molecule has 1 unspecified atom stereocenters. The number of aryl methyl sites for hydroxylation is 1. The number of likely N-dealkylation sites (N-methyl/N-ethyl adjacent to an activating group) is 1. The van der Waals surface area contributed by atoms with E-state index in [1.807, 2.05) is 61.5 Å². The number of carbonyl (C=O) groups is 1. The van der Waals surface area contributed by atoms with E-state index < -0.39 is 0 Å². The third-order valence-corrected chi connectivity index (χ3v) is 5.91. The minimum atomic E-state index is -0.101. The standard InChI is InChI=1S/C26H30N4O/c1-4-30(22-12-13-27-17-22)25-15-18(2)23-16-21(10-11-24(23)29-25)28-26(31)19(3)14-20-8-6-5-7-9-20/h5-11,14-16,22,27H,4,12-13,17H2,1-3H3,(H,28,31). The quantitative estimate of drug-likeness (QED) is 0.570. The monoisotopic (exact) mass is 414 g/mol. The van der Waals surface area contributed by atoms with Gasteiger partial charge in [0.2, 0.25) is 0 Å². The molecule has 1 atom stereocenters. The Hall–Kier alpha value is -3.18. The summed E-state index contributed by atoms with van der Waals surface area (Å²) in [5.41, 5.74) is 4.58. The highest BCUT2D eigenvalue weighted by Crippen LogP contribution is 2.27. The van der Waals surface area contributed by atoms with Crippen molar-refractivity contribution in [2.45, 2.75) is 33.2 Å². The predicted molar refractivity (Wildman–Crippen MR) is 129 cm³/mol. The number of hydrogen-bond acceptors (Lipinski definition) is 4. The van der Waals surface area contributed by atoms with Crippen LogP contribution in [0.5, 0.6) is 0 Å². The Bertz CT molecular complexity index is 1100. The normalized spacial score (nSPS) is 16.5. The number of aromatic nitrogens is 1. The minimum absolute atomic E-state index is 0.101. The van der Waals surface area contributed by atoms with E-state index in [-0.39, 0.29) is 5.91 Å². The molecule has 1 aliphatic rings. The van der Waals surface area contributed by atoms with E-state index in [0.717, 1.165) is 59.6 Å². The van der Waals surface area contributed by atoms with E-state index in [9.17, 15) is 4.79 Å². The summed E-state index contributed by atoms with van der Waals surface area (Å²) >= 11 is 0. The molecule has 0 saturated carbocycles. The number of benzene rings is 2. The van der Waals surface area contributed by atoms with Crippen LogP contribution in [0.15, 0.2) is 60.2 Å². The van der Waals surface area contributed by atoms with Crippen molar-refractivity contribution in [3.63, 3.8) is 0 Å². The van der Waals surface area contributed by atoms with Crippen LogP contribution in [0.3, 0.4) is 0 Å². The summed E-state index contributed by atoms with van der Waals surface area (Å²) in [6.45, 7) is 9.14. The lowest BCUT2D eigenvalue weighted by Crippen LogP contribution is -2.37. The fourth-order valence-corrected chi connectivity index (χ4v) is 4.21. The van der Waals surface area contributed by atoms with Crippen LogP contribution in [-0.4, -0.2) is 36.6 Å². The van der Waals surface area contributed by atoms with E-state index in [4.69, 9.17) is 4.98 Å². The first-order valence-corrected chi connectivity index (χ1v) is 11.0. The highest BCUT2D eigenvalue weighted by Gasteiger charge is 2.22. The molecule has 1 aliphatic heterocycles. The fraction of sp³-hybridized carbons (Fsp3) is 0.308. The van der Waals surface area contributed by atoms with Crippen LogP contribution >= 0.6 is 0 Å². The van der Waals surface area contributed by atoms with Crippen LogP contribution in [0.1, 0.15) is 31.4 Å². The Morgan fingerprint density at radius 1 is 1.23 bits per heavy atom. The lowest BCUT2D eigenvalue weighted by molar-refractivity contribution is -0.112. The lowest BCUT2D eigenvalue weighted by Gasteiger charge is -2.29. The fourth-order valence-electron chi connectivity index (χ4n) is 4.21. The van der Waals surface area contributed by atoms with Crippen LogP contribution in [0.4, 0.5) is 11.5 Å². The molecule has 1 aromatic heterocycles. The van der Waals surface area contributed by atoms with Crippen LogP contribution in [-0.2, 0) is 4.79 Å². The average molecular weight is 415 g/mol. The first-order valence-electron chi connectivity index (χ1n) is 11.0. The number of hydrogen-bond donors (Lipinski definition) is 2. The van der Waals surface area contributed by atoms with Crippen LogP contribution in [0.25, 0.3) is 17.0 Å². The van der Waals surface area contributed by atoms with Gasteiger partial charge in [-0.2, -0.15) is 0 Å². The second kappa shape index (κ2) is 9.31. The van der Waals surface area contributed by atoms with Crippen molar-refractivity contribution in [1.82, 2.24) is 10.3 Å². The van der Waals surface area contributed by atoms with Crippen LogP contribution in [0, 0.1) is 6.92 Å². The molecule has 2 heterocycles. The van der Waals surface area contributed by atoms with Gasteiger partial charge in [0.1, 0.15) is 5.82 Å². The topological polar surface area (TPSA) is 57.3 Å². The van der Waals surface area contributed by atoms with Crippen molar-refractivity contribution < 1.29 is 4.79 Å². The van der Waals surface area contributed by atoms with Gasteiger partial charge in [-0.25, -0.2) is 4.98 Å². The van der Waals surface area contributed by atoms with E-state index in [1.54, 1.807) is 0 Å². The average Bonchev–Trinajstić information content (AvgIpc) is 3.30. The summed E-state index contributed by atoms with van der Waals surface area (Å²) in [5.74, 6) is 0.927. The maximum atomic E-state index is 12.7. The molecule has 0 radical (unpaired) electrons. The summed E-state index contributed by atoms with van der Waals surface area (Å²) in [5, 5.41) is 7.53. The van der Waals surface area contributed by atoms with Gasteiger partial charge in [-0.3, -0.25) is 4.79 Å². The highest BCUT2D eigenvalue weighted by molar-refractivity contribution is 6.07. The Morgan fingerprint density at radius 3 is 2.74 bits per heavy atom. The van der Waals surface area contributed by atoms with Crippen molar-refractivity contribution in [2.24, 2.45) is 0 Å². The summed E-state index contributed by atoms with van der Waals surface area (Å²) in [4.78, 5) is 20.0. The van der Waals surface area contributed by atoms with Gasteiger partial charge in [0.25, 0.3) is 5.91 Å². The molecule has 2 aromatic carbocycles. The number of carbonyl (C=O) groups excluding carboxylic acids is 1. The van der Waals surface area contributed by atoms with Gasteiger partial charge in [0.05, 0.1) is 5.52 Å². The van der Waals surface area contributed by atoms with Gasteiger partial charge in [-0.05, 0) is 75.2 Å². The van der Waals surface area contributed by atoms with E-state index in [1.165, 1.54) is 0 Å². The maximum absolute atomic E-state index is 12.7. The Balaban J connectivity index is 1.56. The molecule has 3 aromatic rings. The van der Waals surface area contributed by atoms with Gasteiger partial charge >= 0.3 is 0 Å². The van der Waals surface area contributed by atoms with Crippen molar-refractivity contribution >= 4 is 34.4 Å². The number of anilines is 2. The van der Waals surface area contributed by atoms with E-state index in [0.29, 0.717) is 11.6 Å². The van der Waals surface area contributed by atoms with Crippen molar-refractivity contribution in [3.05, 3.63) is 71.3 Å². The van der Waals surface area contributed by atoms with Crippen molar-refractivity contribution in [2.75, 3.05) is 29.9 Å². The molecule has 160 valence electrons. The number of pyridine rings is 1. The zero-order valence-electron chi connectivity index (χ0n) is 18.5. The minimum Gasteiger partial charge on any atom is -0.353 e. The molecule has 5 nitrogen and oxygen atoms in total. The number of rotatable bonds is 6. The van der Waals surface area contributed by atoms with Crippen LogP contribution in [0.2, 0.25) is 0 Å². The Morgan fingerprint density at radius 2 is 2.03 bits per heavy atom. The zero-order valence-corrected chi connectivity index (χ0v) is 18.5. The first kappa shape index (κ1) is 21.1. The van der Waals surface area contributed by atoms with Crippen molar-refractivity contribution in [3.8, 4) is 0 Å². The molecule has 4 rings (SSSR count). The molecule has 1 saturated heterocycles. The predicted octanol–water partition coefficient (Wildman–Crippen LogP) is 4.77. The molecule has 2 N–H and O–H groups in total. The lowest BCUT2D eigenvalue weighted by atomic mass is 10.1. The SMILES string of the molecule is CCN(c1cc(C)c2cc(NC(=O)C(C)=Cc3ccccc3)ccc2n1)C1CCNC1. The van der Waals surface area contributed by atoms with Gasteiger partial charge < -0.3 is 15.5 Å². The summed E-state index contributed by atoms with van der Waals surface area (Å²) in [6, 6.07) is 18.5. The number of nitrogens with one attached hydrogen (secondary N) is 2. The molecule has 1 amide bonds. The first-order chi connectivity index (χ1) is 15.0. The molecule has 5 heteroatoms. The Kier molecular flexibility index (Phi) is 6.33. The second-order valence-electron chi connectivity index (χ2n) is 8.15. The molecular formula is C26H30N4O. The molecule has 0 spiro atoms. The maximum Gasteiger partial charge on any atom is 0.251 e. The van der Waals surface area contributed by atoms with E-state index >= 15 is 0 Å².